The minimum atomic E-state index is -0.877. The molecule has 1 rings (SSSR count). The number of carbonyl (C=O) groups excluding carboxylic acids is 1. The van der Waals surface area contributed by atoms with Gasteiger partial charge in [-0.2, -0.15) is 0 Å². The molecular weight excluding hydrogens is 255 g/mol. The highest BCUT2D eigenvalue weighted by Crippen LogP contribution is 2.12. The van der Waals surface area contributed by atoms with E-state index in [1.165, 1.54) is 6.08 Å². The summed E-state index contributed by atoms with van der Waals surface area (Å²) in [6.07, 6.45) is 0.597. The maximum Gasteiger partial charge on any atom is 0.333 e. The first kappa shape index (κ1) is 13.8. The van der Waals surface area contributed by atoms with E-state index in [0.29, 0.717) is 12.2 Å². The fourth-order valence-electron chi connectivity index (χ4n) is 0.950. The molecule has 6 heteroatoms. The van der Waals surface area contributed by atoms with E-state index in [9.17, 15) is 9.90 Å². The molecule has 0 aliphatic carbocycles. The molecular formula is C10H14Cl2O4. The van der Waals surface area contributed by atoms with Gasteiger partial charge in [-0.25, -0.2) is 4.79 Å². The van der Waals surface area contributed by atoms with Crippen LogP contribution >= 0.6 is 23.2 Å². The molecule has 0 aromatic rings. The van der Waals surface area contributed by atoms with Gasteiger partial charge in [0.2, 0.25) is 0 Å². The van der Waals surface area contributed by atoms with E-state index in [0.717, 1.165) is 0 Å². The first-order chi connectivity index (χ1) is 7.54. The van der Waals surface area contributed by atoms with E-state index in [1.807, 2.05) is 0 Å². The van der Waals surface area contributed by atoms with Gasteiger partial charge in [-0.1, -0.05) is 6.08 Å². The molecule has 0 bridgehead atoms. The van der Waals surface area contributed by atoms with E-state index in [1.54, 1.807) is 6.92 Å². The Morgan fingerprint density at radius 1 is 1.75 bits per heavy atom. The summed E-state index contributed by atoms with van der Waals surface area (Å²) in [7, 11) is 0. The highest BCUT2D eigenvalue weighted by atomic mass is 35.5. The minimum Gasteiger partial charge on any atom is -0.459 e. The maximum atomic E-state index is 11.4. The summed E-state index contributed by atoms with van der Waals surface area (Å²) < 4.78 is 9.83. The van der Waals surface area contributed by atoms with Crippen LogP contribution in [0.15, 0.2) is 11.6 Å². The predicted molar refractivity (Wildman–Crippen MR) is 60.8 cm³/mol. The highest BCUT2D eigenvalue weighted by Gasteiger charge is 2.24. The molecule has 1 heterocycles. The van der Waals surface area contributed by atoms with Crippen molar-refractivity contribution in [1.82, 2.24) is 0 Å². The average Bonchev–Trinajstić information content (AvgIpc) is 3.08. The van der Waals surface area contributed by atoms with Crippen molar-refractivity contribution in [3.63, 3.8) is 0 Å². The summed E-state index contributed by atoms with van der Waals surface area (Å²) in [5.74, 6) is -0.439. The van der Waals surface area contributed by atoms with E-state index in [-0.39, 0.29) is 18.6 Å². The molecule has 1 fully saturated rings. The van der Waals surface area contributed by atoms with E-state index >= 15 is 0 Å². The Hall–Kier alpha value is -0.290. The maximum absolute atomic E-state index is 11.4. The van der Waals surface area contributed by atoms with Crippen molar-refractivity contribution in [3.05, 3.63) is 11.6 Å². The molecule has 0 amide bonds. The number of hydrogen-bond donors (Lipinski definition) is 1. The fourth-order valence-corrected chi connectivity index (χ4v) is 1.51. The zero-order chi connectivity index (χ0) is 12.1. The second kappa shape index (κ2) is 6.45. The number of epoxide rings is 1. The first-order valence-electron chi connectivity index (χ1n) is 4.90. The lowest BCUT2D eigenvalue weighted by molar-refractivity contribution is -0.139. The molecule has 0 aromatic heterocycles. The molecule has 0 spiro atoms. The van der Waals surface area contributed by atoms with Crippen LogP contribution in [0, 0.1) is 0 Å². The van der Waals surface area contributed by atoms with Crippen LogP contribution in [0.1, 0.15) is 6.92 Å². The zero-order valence-corrected chi connectivity index (χ0v) is 10.4. The molecule has 92 valence electrons. The van der Waals surface area contributed by atoms with Crippen LogP contribution in [0.5, 0.6) is 0 Å². The lowest BCUT2D eigenvalue weighted by Crippen LogP contribution is -2.22. The van der Waals surface area contributed by atoms with Crippen LogP contribution in [-0.4, -0.2) is 47.8 Å². The van der Waals surface area contributed by atoms with E-state index in [4.69, 9.17) is 32.7 Å². The van der Waals surface area contributed by atoms with Crippen molar-refractivity contribution < 1.29 is 19.4 Å². The van der Waals surface area contributed by atoms with Crippen molar-refractivity contribution >= 4 is 29.2 Å². The van der Waals surface area contributed by atoms with Gasteiger partial charge in [0.1, 0.15) is 12.7 Å². The molecule has 4 nitrogen and oxygen atoms in total. The van der Waals surface area contributed by atoms with Gasteiger partial charge in [-0.05, 0) is 6.92 Å². The third kappa shape index (κ3) is 4.70. The molecule has 3 unspecified atom stereocenters. The van der Waals surface area contributed by atoms with Crippen LogP contribution in [-0.2, 0) is 14.3 Å². The smallest absolute Gasteiger partial charge is 0.333 e. The SMILES string of the molecule is CC(=CC(Cl)C(O)CCl)C(=O)OCC1CO1. The number of aliphatic hydroxyl groups excluding tert-OH is 1. The Labute approximate surface area is 104 Å². The van der Waals surface area contributed by atoms with Crippen LogP contribution in [0.2, 0.25) is 0 Å². The third-order valence-corrected chi connectivity index (χ3v) is 2.79. The van der Waals surface area contributed by atoms with Gasteiger partial charge in [-0.15, -0.1) is 23.2 Å². The van der Waals surface area contributed by atoms with Gasteiger partial charge in [0.05, 0.1) is 24.0 Å². The average molecular weight is 269 g/mol. The number of ether oxygens (including phenoxy) is 2. The topological polar surface area (TPSA) is 59.1 Å². The Bertz CT molecular complexity index is 276. The van der Waals surface area contributed by atoms with Crippen LogP contribution < -0.4 is 0 Å². The summed E-state index contributed by atoms with van der Waals surface area (Å²) in [5, 5.41) is 8.61. The Morgan fingerprint density at radius 3 is 2.88 bits per heavy atom. The number of carbonyl (C=O) groups is 1. The summed E-state index contributed by atoms with van der Waals surface area (Å²) in [5.41, 5.74) is 0.352. The lowest BCUT2D eigenvalue weighted by Gasteiger charge is -2.11. The second-order valence-corrected chi connectivity index (χ2v) is 4.38. The third-order valence-electron chi connectivity index (χ3n) is 2.06. The van der Waals surface area contributed by atoms with Gasteiger partial charge < -0.3 is 14.6 Å². The zero-order valence-electron chi connectivity index (χ0n) is 8.86. The Balaban J connectivity index is 2.37. The largest absolute Gasteiger partial charge is 0.459 e. The monoisotopic (exact) mass is 268 g/mol. The molecule has 1 aliphatic heterocycles. The van der Waals surface area contributed by atoms with Crippen LogP contribution in [0.25, 0.3) is 0 Å². The number of halogens is 2. The van der Waals surface area contributed by atoms with Crippen molar-refractivity contribution in [2.24, 2.45) is 0 Å². The molecule has 3 atom stereocenters. The van der Waals surface area contributed by atoms with Crippen LogP contribution in [0.4, 0.5) is 0 Å². The first-order valence-corrected chi connectivity index (χ1v) is 5.87. The molecule has 1 saturated heterocycles. The van der Waals surface area contributed by atoms with Crippen molar-refractivity contribution in [2.75, 3.05) is 19.1 Å². The molecule has 1 aliphatic rings. The fraction of sp³-hybridized carbons (Fsp3) is 0.700. The molecule has 1 N–H and O–H groups in total. The summed E-state index contributed by atoms with van der Waals surface area (Å²) in [4.78, 5) is 11.4. The van der Waals surface area contributed by atoms with Crippen molar-refractivity contribution in [1.29, 1.82) is 0 Å². The van der Waals surface area contributed by atoms with Crippen molar-refractivity contribution in [3.8, 4) is 0 Å². The quantitative estimate of drug-likeness (QED) is 0.339. The number of esters is 1. The van der Waals surface area contributed by atoms with E-state index < -0.39 is 17.5 Å². The number of rotatable bonds is 6. The predicted octanol–water partition coefficient (Wildman–Crippen LogP) is 1.08. The minimum absolute atomic E-state index is 0.0168. The van der Waals surface area contributed by atoms with E-state index in [2.05, 4.69) is 0 Å². The van der Waals surface area contributed by atoms with Crippen molar-refractivity contribution in [2.45, 2.75) is 24.5 Å². The van der Waals surface area contributed by atoms with Gasteiger partial charge in [0.15, 0.2) is 0 Å². The molecule has 16 heavy (non-hydrogen) atoms. The normalized spacial score (nSPS) is 23.8. The summed E-state index contributed by atoms with van der Waals surface area (Å²) in [6, 6.07) is 0. The Kier molecular flexibility index (Phi) is 5.55. The second-order valence-electron chi connectivity index (χ2n) is 3.57. The van der Waals surface area contributed by atoms with Gasteiger partial charge in [0.25, 0.3) is 0 Å². The summed E-state index contributed by atoms with van der Waals surface area (Å²) in [6.45, 7) is 2.47. The Morgan fingerprint density at radius 2 is 2.38 bits per heavy atom. The number of hydrogen-bond acceptors (Lipinski definition) is 4. The van der Waals surface area contributed by atoms with Gasteiger partial charge in [-0.3, -0.25) is 0 Å². The number of aliphatic hydroxyl groups is 1. The highest BCUT2D eigenvalue weighted by molar-refractivity contribution is 6.24. The standard InChI is InChI=1S/C10H14Cl2O4/c1-6(2-8(12)9(13)3-11)10(14)16-5-7-4-15-7/h2,7-9,13H,3-5H2,1H3. The molecule has 0 saturated carbocycles. The number of alkyl halides is 2. The molecule has 0 radical (unpaired) electrons. The van der Waals surface area contributed by atoms with Gasteiger partial charge in [0, 0.05) is 5.57 Å². The summed E-state index contributed by atoms with van der Waals surface area (Å²) >= 11 is 11.2. The lowest BCUT2D eigenvalue weighted by atomic mass is 10.2. The van der Waals surface area contributed by atoms with Gasteiger partial charge >= 0.3 is 5.97 Å². The van der Waals surface area contributed by atoms with Crippen LogP contribution in [0.3, 0.4) is 0 Å². The molecule has 0 aromatic carbocycles.